The fourth-order valence-electron chi connectivity index (χ4n) is 6.77. The minimum Gasteiger partial charge on any atom is -0.484 e. The number of hydrogen-bond acceptors (Lipinski definition) is 10. The number of ether oxygens (including phenoxy) is 3. The van der Waals surface area contributed by atoms with Crippen molar-refractivity contribution in [2.45, 2.75) is 176 Å². The van der Waals surface area contributed by atoms with Crippen molar-refractivity contribution < 1.29 is 33.6 Å². The van der Waals surface area contributed by atoms with Crippen LogP contribution in [0.4, 0.5) is 11.4 Å². The molecular weight excluding hydrogens is 654 g/mol. The molecule has 0 amide bonds. The molecule has 0 bridgehead atoms. The number of hydrogen-bond donors (Lipinski definition) is 0. The van der Waals surface area contributed by atoms with E-state index in [4.69, 9.17) is 14.2 Å². The Balaban J connectivity index is 2.64. The number of nitrogens with zero attached hydrogens (tertiary/aromatic N) is 3. The summed E-state index contributed by atoms with van der Waals surface area (Å²) in [6.45, 7) is 15.5. The molecule has 0 aromatic heterocycles. The van der Waals surface area contributed by atoms with Crippen LogP contribution in [0.2, 0.25) is 0 Å². The molecule has 1 heterocycles. The van der Waals surface area contributed by atoms with Crippen molar-refractivity contribution in [3.05, 3.63) is 48.7 Å². The van der Waals surface area contributed by atoms with Crippen LogP contribution in [0.15, 0.2) is 22.3 Å². The normalized spacial score (nSPS) is 16.1. The Morgan fingerprint density at radius 3 is 1.69 bits per heavy atom. The van der Waals surface area contributed by atoms with Crippen LogP contribution < -0.4 is 4.74 Å². The molecule has 0 saturated carbocycles. The van der Waals surface area contributed by atoms with Gasteiger partial charge in [0, 0.05) is 28.5 Å². The number of rotatable bonds is 23. The first-order valence-electron chi connectivity index (χ1n) is 18.9. The standard InChI is InChI=1S/C39H61N3O9/c1-10-11-12-13-14-15-16-17-18-19-20-21-22-23-30-31(41(45)46)24-32(42(47)48)37(49-25(2)3)35(30)36-33(38(43)50-26(4)5)28(8)40-29(9)34(36)39(44)51-27(6)7/h24-27,33,36H,10-23H2,1-9H3. The maximum absolute atomic E-state index is 13.9. The van der Waals surface area contributed by atoms with Gasteiger partial charge in [-0.15, -0.1) is 0 Å². The molecule has 1 aliphatic rings. The van der Waals surface area contributed by atoms with Gasteiger partial charge in [-0.1, -0.05) is 84.0 Å². The van der Waals surface area contributed by atoms with Crippen molar-refractivity contribution in [1.82, 2.24) is 0 Å². The van der Waals surface area contributed by atoms with Crippen LogP contribution in [0.1, 0.15) is 163 Å². The average Bonchev–Trinajstić information content (AvgIpc) is 3.01. The van der Waals surface area contributed by atoms with E-state index in [0.717, 1.165) is 31.7 Å². The van der Waals surface area contributed by atoms with Gasteiger partial charge in [-0.25, -0.2) is 4.79 Å². The summed E-state index contributed by atoms with van der Waals surface area (Å²) in [4.78, 5) is 56.1. The minimum atomic E-state index is -1.26. The third kappa shape index (κ3) is 13.0. The van der Waals surface area contributed by atoms with E-state index in [-0.39, 0.29) is 34.6 Å². The highest BCUT2D eigenvalue weighted by Gasteiger charge is 2.48. The number of benzene rings is 1. The lowest BCUT2D eigenvalue weighted by molar-refractivity contribution is -0.395. The summed E-state index contributed by atoms with van der Waals surface area (Å²) < 4.78 is 17.4. The quantitative estimate of drug-likeness (QED) is 0.0464. The maximum atomic E-state index is 13.9. The lowest BCUT2D eigenvalue weighted by Gasteiger charge is -2.34. The Labute approximate surface area is 304 Å². The average molecular weight is 716 g/mol. The lowest BCUT2D eigenvalue weighted by atomic mass is 9.72. The summed E-state index contributed by atoms with van der Waals surface area (Å²) in [6, 6.07) is 0.937. The first-order valence-corrected chi connectivity index (χ1v) is 18.9. The monoisotopic (exact) mass is 715 g/mol. The third-order valence-electron chi connectivity index (χ3n) is 8.97. The predicted molar refractivity (Wildman–Crippen MR) is 199 cm³/mol. The summed E-state index contributed by atoms with van der Waals surface area (Å²) in [6.07, 6.45) is 13.1. The SMILES string of the molecule is CCCCCCCCCCCCCCCc1c([N+](=O)[O-])cc([N+](=O)[O-])c(OC(C)C)c1C1C(C(=O)OC(C)C)=C(C)N=C(C)C1C(=O)OC(C)C. The second-order valence-electron chi connectivity index (χ2n) is 14.5. The number of aliphatic imine (C=N–C) groups is 1. The molecule has 1 aromatic carbocycles. The summed E-state index contributed by atoms with van der Waals surface area (Å²) in [7, 11) is 0. The highest BCUT2D eigenvalue weighted by molar-refractivity contribution is 6.07. The number of carbonyl (C=O) groups excluding carboxylic acids is 2. The molecule has 0 radical (unpaired) electrons. The van der Waals surface area contributed by atoms with E-state index in [9.17, 15) is 29.8 Å². The lowest BCUT2D eigenvalue weighted by Crippen LogP contribution is -2.38. The van der Waals surface area contributed by atoms with E-state index in [1.165, 1.54) is 51.4 Å². The zero-order valence-electron chi connectivity index (χ0n) is 32.4. The topological polar surface area (TPSA) is 160 Å². The number of allylic oxidation sites excluding steroid dienone is 1. The summed E-state index contributed by atoms with van der Waals surface area (Å²) in [5.41, 5.74) is -0.307. The van der Waals surface area contributed by atoms with E-state index in [0.29, 0.717) is 12.1 Å². The Morgan fingerprint density at radius 1 is 0.745 bits per heavy atom. The smallest absolute Gasteiger partial charge is 0.336 e. The van der Waals surface area contributed by atoms with Crippen LogP contribution in [0, 0.1) is 26.1 Å². The molecule has 12 nitrogen and oxygen atoms in total. The zero-order valence-corrected chi connectivity index (χ0v) is 32.4. The van der Waals surface area contributed by atoms with Crippen LogP contribution in [-0.2, 0) is 25.5 Å². The number of nitro groups is 2. The first-order chi connectivity index (χ1) is 24.1. The van der Waals surface area contributed by atoms with Gasteiger partial charge in [0.2, 0.25) is 5.75 Å². The van der Waals surface area contributed by atoms with Crippen LogP contribution in [0.25, 0.3) is 0 Å². The Bertz CT molecular complexity index is 1410. The second kappa shape index (κ2) is 21.5. The Kier molecular flexibility index (Phi) is 18.3. The van der Waals surface area contributed by atoms with Crippen molar-refractivity contribution in [2.24, 2.45) is 10.9 Å². The van der Waals surface area contributed by atoms with Crippen molar-refractivity contribution in [1.29, 1.82) is 0 Å². The molecule has 0 spiro atoms. The molecule has 0 fully saturated rings. The van der Waals surface area contributed by atoms with E-state index < -0.39 is 63.3 Å². The van der Waals surface area contributed by atoms with Gasteiger partial charge >= 0.3 is 17.6 Å². The highest BCUT2D eigenvalue weighted by atomic mass is 16.6. The molecule has 2 atom stereocenters. The Hall–Kier alpha value is -3.83. The molecule has 0 N–H and O–H groups in total. The molecule has 2 rings (SSSR count). The van der Waals surface area contributed by atoms with Crippen LogP contribution in [-0.4, -0.2) is 45.8 Å². The van der Waals surface area contributed by atoms with E-state index in [1.807, 2.05) is 0 Å². The molecule has 12 heteroatoms. The molecule has 0 saturated heterocycles. The zero-order chi connectivity index (χ0) is 38.2. The van der Waals surface area contributed by atoms with Crippen LogP contribution in [0.3, 0.4) is 0 Å². The second-order valence-corrected chi connectivity index (χ2v) is 14.5. The van der Waals surface area contributed by atoms with Gasteiger partial charge in [0.25, 0.3) is 5.69 Å². The molecule has 286 valence electrons. The molecule has 0 aliphatic carbocycles. The number of esters is 2. The molecule has 1 aliphatic heterocycles. The number of carbonyl (C=O) groups is 2. The summed E-state index contributed by atoms with van der Waals surface area (Å²) in [5, 5.41) is 25.2. The van der Waals surface area contributed by atoms with E-state index in [2.05, 4.69) is 11.9 Å². The predicted octanol–water partition coefficient (Wildman–Crippen LogP) is 10.3. The van der Waals surface area contributed by atoms with Gasteiger partial charge in [0.1, 0.15) is 5.92 Å². The van der Waals surface area contributed by atoms with Gasteiger partial charge < -0.3 is 14.2 Å². The van der Waals surface area contributed by atoms with Crippen molar-refractivity contribution in [3.63, 3.8) is 0 Å². The van der Waals surface area contributed by atoms with E-state index >= 15 is 0 Å². The van der Waals surface area contributed by atoms with Crippen molar-refractivity contribution in [2.75, 3.05) is 0 Å². The molecule has 2 unspecified atom stereocenters. The Morgan fingerprint density at radius 2 is 1.24 bits per heavy atom. The summed E-state index contributed by atoms with van der Waals surface area (Å²) in [5.74, 6) is -4.19. The van der Waals surface area contributed by atoms with Gasteiger partial charge in [0.15, 0.2) is 0 Å². The van der Waals surface area contributed by atoms with Crippen LogP contribution in [0.5, 0.6) is 5.75 Å². The van der Waals surface area contributed by atoms with E-state index in [1.54, 1.807) is 55.4 Å². The van der Waals surface area contributed by atoms with Crippen molar-refractivity contribution >= 4 is 29.0 Å². The molecule has 1 aromatic rings. The van der Waals surface area contributed by atoms with Gasteiger partial charge in [-0.2, -0.15) is 0 Å². The van der Waals surface area contributed by atoms with Gasteiger partial charge in [0.05, 0.1) is 39.8 Å². The molecular formula is C39H61N3O9. The molecule has 51 heavy (non-hydrogen) atoms. The first kappa shape index (κ1) is 43.3. The number of unbranched alkanes of at least 4 members (excludes halogenated alkanes) is 12. The fraction of sp³-hybridized carbons (Fsp3) is 0.718. The minimum absolute atomic E-state index is 0.0185. The maximum Gasteiger partial charge on any atom is 0.336 e. The van der Waals surface area contributed by atoms with Gasteiger partial charge in [-0.3, -0.25) is 30.0 Å². The third-order valence-corrected chi connectivity index (χ3v) is 8.97. The number of nitro benzene ring substituents is 2. The van der Waals surface area contributed by atoms with Crippen molar-refractivity contribution in [3.8, 4) is 5.75 Å². The van der Waals surface area contributed by atoms with Gasteiger partial charge in [-0.05, 0) is 68.2 Å². The largest absolute Gasteiger partial charge is 0.484 e. The summed E-state index contributed by atoms with van der Waals surface area (Å²) >= 11 is 0. The fourth-order valence-corrected chi connectivity index (χ4v) is 6.77. The van der Waals surface area contributed by atoms with Crippen LogP contribution >= 0.6 is 0 Å². The highest BCUT2D eigenvalue weighted by Crippen LogP contribution is 2.51.